The van der Waals surface area contributed by atoms with Gasteiger partial charge in [0, 0.05) is 17.0 Å². The molecule has 0 bridgehead atoms. The quantitative estimate of drug-likeness (QED) is 0.172. The molecule has 0 fully saturated rings. The average Bonchev–Trinajstić information content (AvgIpc) is 2.70. The lowest BCUT2D eigenvalue weighted by atomic mass is 9.99. The number of rotatable bonds is 11. The van der Waals surface area contributed by atoms with Crippen LogP contribution in [-0.4, -0.2) is 20.3 Å². The number of unbranched alkanes of at least 4 members (excludes halogenated alkanes) is 3. The van der Waals surface area contributed by atoms with Gasteiger partial charge in [-0.1, -0.05) is 68.3 Å². The van der Waals surface area contributed by atoms with Crippen molar-refractivity contribution >= 4 is 29.8 Å². The minimum absolute atomic E-state index is 0.135. The van der Waals surface area contributed by atoms with Crippen LogP contribution in [0.4, 0.5) is 4.39 Å². The lowest BCUT2D eigenvalue weighted by molar-refractivity contribution is 0.303. The highest BCUT2D eigenvalue weighted by Crippen LogP contribution is 2.37. The molecule has 0 saturated heterocycles. The topological polar surface area (TPSA) is 18.5 Å². The molecule has 0 aliphatic heterocycles. The predicted octanol–water partition coefficient (Wildman–Crippen LogP) is 8.61. The Balaban J connectivity index is 1.99. The second-order valence-electron chi connectivity index (χ2n) is 9.46. The van der Waals surface area contributed by atoms with Gasteiger partial charge >= 0.3 is 0 Å². The molecule has 0 unspecified atom stereocenters. The van der Waals surface area contributed by atoms with Gasteiger partial charge in [-0.05, 0) is 66.4 Å². The van der Waals surface area contributed by atoms with Crippen molar-refractivity contribution in [2.75, 3.05) is 11.9 Å². The third-order valence-electron chi connectivity index (χ3n) is 5.94. The number of halogens is 2. The normalized spacial score (nSPS) is 12.0. The third-order valence-corrected chi connectivity index (χ3v) is 10.9. The predicted molar refractivity (Wildman–Crippen MR) is 137 cm³/mol. The summed E-state index contributed by atoms with van der Waals surface area (Å²) in [5.41, 5.74) is 2.02. The van der Waals surface area contributed by atoms with Crippen molar-refractivity contribution in [1.82, 2.24) is 0 Å². The highest BCUT2D eigenvalue weighted by molar-refractivity contribution is 9.09. The summed E-state index contributed by atoms with van der Waals surface area (Å²) in [7, 11) is -1.89. The number of hydrogen-bond acceptors (Lipinski definition) is 2. The number of alkyl halides is 1. The first-order valence-electron chi connectivity index (χ1n) is 11.0. The Morgan fingerprint density at radius 2 is 1.58 bits per heavy atom. The molecule has 0 aliphatic carbocycles. The van der Waals surface area contributed by atoms with Crippen LogP contribution < -0.4 is 9.16 Å². The third kappa shape index (κ3) is 7.50. The van der Waals surface area contributed by atoms with E-state index in [-0.39, 0.29) is 10.9 Å². The Kier molecular flexibility index (Phi) is 9.38. The zero-order valence-corrected chi connectivity index (χ0v) is 22.1. The van der Waals surface area contributed by atoms with Gasteiger partial charge in [-0.2, -0.15) is 0 Å². The molecule has 0 saturated carbocycles. The van der Waals surface area contributed by atoms with E-state index < -0.39 is 8.32 Å². The first-order valence-corrected chi connectivity index (χ1v) is 15.0. The smallest absolute Gasteiger partial charge is 0.250 e. The Morgan fingerprint density at radius 3 is 2.16 bits per heavy atom. The second-order valence-corrected chi connectivity index (χ2v) is 15.0. The van der Waals surface area contributed by atoms with Crippen LogP contribution in [0.1, 0.15) is 57.6 Å². The van der Waals surface area contributed by atoms with Crippen LogP contribution in [0.2, 0.25) is 18.1 Å². The van der Waals surface area contributed by atoms with E-state index in [4.69, 9.17) is 9.16 Å². The molecule has 31 heavy (non-hydrogen) atoms. The largest absolute Gasteiger partial charge is 0.544 e. The fourth-order valence-corrected chi connectivity index (χ4v) is 4.33. The molecule has 5 heteroatoms. The molecule has 0 heterocycles. The molecule has 2 aromatic carbocycles. The molecule has 2 rings (SSSR count). The van der Waals surface area contributed by atoms with Crippen LogP contribution >= 0.6 is 15.9 Å². The SMILES string of the molecule is C=C(c1ccc(O[Si](C)(C)C(C)(C)C)cc1)c1ccc(OCCCCCCBr)cc1F. The standard InChI is InChI=1S/C26H36BrFO2Si/c1-20(21-11-13-22(14-12-21)30-31(5,6)26(2,3)4)24-16-15-23(19-25(24)28)29-18-10-8-7-9-17-27/h11-16,19H,1,7-10,17-18H2,2-6H3. The van der Waals surface area contributed by atoms with Crippen LogP contribution in [0.3, 0.4) is 0 Å². The molecule has 0 aromatic heterocycles. The Morgan fingerprint density at radius 1 is 0.968 bits per heavy atom. The van der Waals surface area contributed by atoms with E-state index in [0.29, 0.717) is 23.5 Å². The summed E-state index contributed by atoms with van der Waals surface area (Å²) in [4.78, 5) is 0. The summed E-state index contributed by atoms with van der Waals surface area (Å²) in [5.74, 6) is 1.10. The Hall–Kier alpha value is -1.59. The summed E-state index contributed by atoms with van der Waals surface area (Å²) in [6, 6.07) is 12.8. The summed E-state index contributed by atoms with van der Waals surface area (Å²) in [6.45, 7) is 15.8. The Labute approximate surface area is 197 Å². The second kappa shape index (κ2) is 11.3. The number of hydrogen-bond donors (Lipinski definition) is 0. The van der Waals surface area contributed by atoms with Crippen molar-refractivity contribution in [1.29, 1.82) is 0 Å². The fraction of sp³-hybridized carbons (Fsp3) is 0.462. The monoisotopic (exact) mass is 506 g/mol. The molecule has 2 nitrogen and oxygen atoms in total. The minimum atomic E-state index is -1.89. The van der Waals surface area contributed by atoms with E-state index in [1.54, 1.807) is 6.07 Å². The van der Waals surface area contributed by atoms with Gasteiger partial charge in [0.05, 0.1) is 6.61 Å². The summed E-state index contributed by atoms with van der Waals surface area (Å²) >= 11 is 3.44. The van der Waals surface area contributed by atoms with E-state index in [2.05, 4.69) is 56.4 Å². The molecule has 0 atom stereocenters. The first kappa shape index (κ1) is 25.7. The van der Waals surface area contributed by atoms with E-state index in [9.17, 15) is 4.39 Å². The van der Waals surface area contributed by atoms with E-state index >= 15 is 0 Å². The Bertz CT molecular complexity index is 857. The highest BCUT2D eigenvalue weighted by Gasteiger charge is 2.38. The van der Waals surface area contributed by atoms with Crippen LogP contribution in [0.15, 0.2) is 49.0 Å². The lowest BCUT2D eigenvalue weighted by Crippen LogP contribution is -2.43. The van der Waals surface area contributed by atoms with Crippen molar-refractivity contribution in [3.05, 3.63) is 66.0 Å². The molecule has 2 aromatic rings. The maximum atomic E-state index is 14.7. The maximum Gasteiger partial charge on any atom is 0.250 e. The van der Waals surface area contributed by atoms with Crippen molar-refractivity contribution in [2.24, 2.45) is 0 Å². The fourth-order valence-electron chi connectivity index (χ4n) is 2.90. The average molecular weight is 508 g/mol. The minimum Gasteiger partial charge on any atom is -0.544 e. The molecular weight excluding hydrogens is 471 g/mol. The van der Waals surface area contributed by atoms with Crippen molar-refractivity contribution in [2.45, 2.75) is 64.6 Å². The van der Waals surface area contributed by atoms with Crippen molar-refractivity contribution in [3.8, 4) is 11.5 Å². The van der Waals surface area contributed by atoms with Gasteiger partial charge in [0.25, 0.3) is 0 Å². The van der Waals surface area contributed by atoms with Crippen LogP contribution in [0, 0.1) is 5.82 Å². The van der Waals surface area contributed by atoms with Crippen LogP contribution in [0.5, 0.6) is 11.5 Å². The van der Waals surface area contributed by atoms with Crippen molar-refractivity contribution < 1.29 is 13.6 Å². The highest BCUT2D eigenvalue weighted by atomic mass is 79.9. The maximum absolute atomic E-state index is 14.7. The van der Waals surface area contributed by atoms with E-state index in [1.807, 2.05) is 30.3 Å². The zero-order valence-electron chi connectivity index (χ0n) is 19.6. The molecule has 170 valence electrons. The summed E-state index contributed by atoms with van der Waals surface area (Å²) < 4.78 is 26.8. The zero-order chi connectivity index (χ0) is 23.1. The summed E-state index contributed by atoms with van der Waals surface area (Å²) in [6.07, 6.45) is 4.46. The molecule has 0 spiro atoms. The van der Waals surface area contributed by atoms with Gasteiger partial charge in [0.1, 0.15) is 17.3 Å². The van der Waals surface area contributed by atoms with Gasteiger partial charge in [-0.3, -0.25) is 0 Å². The summed E-state index contributed by atoms with van der Waals surface area (Å²) in [5, 5.41) is 1.17. The number of ether oxygens (including phenoxy) is 1. The van der Waals surface area contributed by atoms with Crippen LogP contribution in [0.25, 0.3) is 5.57 Å². The van der Waals surface area contributed by atoms with Gasteiger partial charge in [-0.15, -0.1) is 0 Å². The first-order chi connectivity index (χ1) is 14.5. The lowest BCUT2D eigenvalue weighted by Gasteiger charge is -2.36. The molecule has 0 amide bonds. The molecular formula is C26H36BrFO2Si. The van der Waals surface area contributed by atoms with E-state index in [0.717, 1.165) is 29.5 Å². The number of benzene rings is 2. The van der Waals surface area contributed by atoms with E-state index in [1.165, 1.54) is 18.9 Å². The van der Waals surface area contributed by atoms with Gasteiger partial charge < -0.3 is 9.16 Å². The molecule has 0 radical (unpaired) electrons. The molecule has 0 N–H and O–H groups in total. The molecule has 0 aliphatic rings. The van der Waals surface area contributed by atoms with Gasteiger partial charge in [0.15, 0.2) is 0 Å². The van der Waals surface area contributed by atoms with Gasteiger partial charge in [-0.25, -0.2) is 4.39 Å². The van der Waals surface area contributed by atoms with Crippen molar-refractivity contribution in [3.63, 3.8) is 0 Å². The van der Waals surface area contributed by atoms with Crippen LogP contribution in [-0.2, 0) is 0 Å². The van der Waals surface area contributed by atoms with Gasteiger partial charge in [0.2, 0.25) is 8.32 Å².